The van der Waals surface area contributed by atoms with E-state index < -0.39 is 0 Å². The average molecular weight is 178 g/mol. The van der Waals surface area contributed by atoms with Gasteiger partial charge in [-0.2, -0.15) is 0 Å². The zero-order valence-electron chi connectivity index (χ0n) is 8.48. The van der Waals surface area contributed by atoms with E-state index in [1.807, 2.05) is 0 Å². The van der Waals surface area contributed by atoms with Crippen molar-refractivity contribution >= 4 is 0 Å². The molecule has 0 aromatic carbocycles. The van der Waals surface area contributed by atoms with E-state index in [1.165, 1.54) is 37.3 Å². The molecule has 0 bridgehead atoms. The first-order chi connectivity index (χ1) is 6.27. The number of nitrogens with one attached hydrogen (secondary N) is 2. The lowest BCUT2D eigenvalue weighted by molar-refractivity contribution is 0.459. The summed E-state index contributed by atoms with van der Waals surface area (Å²) in [4.78, 5) is 3.38. The van der Waals surface area contributed by atoms with Crippen molar-refractivity contribution in [3.05, 3.63) is 23.0 Å². The third-order valence-corrected chi connectivity index (χ3v) is 2.97. The highest BCUT2D eigenvalue weighted by Crippen LogP contribution is 2.28. The van der Waals surface area contributed by atoms with Gasteiger partial charge in [0.25, 0.3) is 0 Å². The number of aromatic nitrogens is 1. The van der Waals surface area contributed by atoms with Gasteiger partial charge in [0, 0.05) is 11.4 Å². The molecule has 2 heteroatoms. The van der Waals surface area contributed by atoms with Crippen molar-refractivity contribution in [3.63, 3.8) is 0 Å². The average Bonchev–Trinajstić information content (AvgIpc) is 2.47. The number of piperidine rings is 1. The number of hydrogen-bond acceptors (Lipinski definition) is 1. The first kappa shape index (κ1) is 8.82. The smallest absolute Gasteiger partial charge is 0.0153 e. The molecule has 0 amide bonds. The number of rotatable bonds is 1. The molecule has 2 nitrogen and oxygen atoms in total. The van der Waals surface area contributed by atoms with E-state index in [-0.39, 0.29) is 0 Å². The van der Waals surface area contributed by atoms with Gasteiger partial charge in [0.2, 0.25) is 0 Å². The SMILES string of the molecule is Cc1cc(C2CCNCC2)c(C)[nH]1. The van der Waals surface area contributed by atoms with Gasteiger partial charge in [-0.05, 0) is 57.3 Å². The zero-order valence-corrected chi connectivity index (χ0v) is 8.48. The predicted molar refractivity (Wildman–Crippen MR) is 55.1 cm³/mol. The number of hydrogen-bond donors (Lipinski definition) is 2. The van der Waals surface area contributed by atoms with Crippen molar-refractivity contribution in [2.45, 2.75) is 32.6 Å². The Bertz CT molecular complexity index is 282. The Kier molecular flexibility index (Phi) is 2.40. The Morgan fingerprint density at radius 3 is 2.46 bits per heavy atom. The fourth-order valence-electron chi connectivity index (χ4n) is 2.30. The first-order valence-electron chi connectivity index (χ1n) is 5.14. The molecule has 2 N–H and O–H groups in total. The van der Waals surface area contributed by atoms with Crippen LogP contribution in [0.4, 0.5) is 0 Å². The maximum absolute atomic E-state index is 3.40. The highest BCUT2D eigenvalue weighted by atomic mass is 14.9. The molecular formula is C11H18N2. The van der Waals surface area contributed by atoms with E-state index in [0.29, 0.717) is 0 Å². The van der Waals surface area contributed by atoms with Crippen LogP contribution in [0, 0.1) is 13.8 Å². The Morgan fingerprint density at radius 1 is 1.23 bits per heavy atom. The molecule has 1 aliphatic heterocycles. The summed E-state index contributed by atoms with van der Waals surface area (Å²) in [5, 5.41) is 3.40. The monoisotopic (exact) mass is 178 g/mol. The second kappa shape index (κ2) is 3.54. The Morgan fingerprint density at radius 2 is 1.92 bits per heavy atom. The molecule has 2 heterocycles. The van der Waals surface area contributed by atoms with Crippen LogP contribution < -0.4 is 5.32 Å². The topological polar surface area (TPSA) is 27.8 Å². The predicted octanol–water partition coefficient (Wildman–Crippen LogP) is 2.10. The van der Waals surface area contributed by atoms with Crippen molar-refractivity contribution < 1.29 is 0 Å². The van der Waals surface area contributed by atoms with Crippen LogP contribution in [0.2, 0.25) is 0 Å². The van der Waals surface area contributed by atoms with E-state index in [0.717, 1.165) is 5.92 Å². The summed E-state index contributed by atoms with van der Waals surface area (Å²) in [6, 6.07) is 2.31. The highest BCUT2D eigenvalue weighted by molar-refractivity contribution is 5.28. The number of H-pyrrole nitrogens is 1. The van der Waals surface area contributed by atoms with Crippen molar-refractivity contribution in [3.8, 4) is 0 Å². The summed E-state index contributed by atoms with van der Waals surface area (Å²) in [5.74, 6) is 0.784. The standard InChI is InChI=1S/C11H18N2/c1-8-7-11(9(2)13-8)10-3-5-12-6-4-10/h7,10,12-13H,3-6H2,1-2H3. The molecule has 1 aromatic rings. The van der Waals surface area contributed by atoms with Crippen LogP contribution in [0.15, 0.2) is 6.07 Å². The first-order valence-corrected chi connectivity index (χ1v) is 5.14. The van der Waals surface area contributed by atoms with Crippen LogP contribution in [0.1, 0.15) is 35.7 Å². The van der Waals surface area contributed by atoms with Crippen LogP contribution in [-0.4, -0.2) is 18.1 Å². The second-order valence-corrected chi connectivity index (χ2v) is 4.06. The van der Waals surface area contributed by atoms with E-state index in [1.54, 1.807) is 5.56 Å². The van der Waals surface area contributed by atoms with E-state index in [2.05, 4.69) is 30.2 Å². The molecule has 2 rings (SSSR count). The minimum atomic E-state index is 0.784. The largest absolute Gasteiger partial charge is 0.362 e. The fourth-order valence-corrected chi connectivity index (χ4v) is 2.30. The maximum atomic E-state index is 3.40. The molecule has 0 radical (unpaired) electrons. The molecule has 72 valence electrons. The van der Waals surface area contributed by atoms with Crippen molar-refractivity contribution in [2.75, 3.05) is 13.1 Å². The van der Waals surface area contributed by atoms with Gasteiger partial charge >= 0.3 is 0 Å². The van der Waals surface area contributed by atoms with Gasteiger partial charge in [-0.15, -0.1) is 0 Å². The van der Waals surface area contributed by atoms with Crippen molar-refractivity contribution in [1.82, 2.24) is 10.3 Å². The lowest BCUT2D eigenvalue weighted by atomic mass is 9.90. The molecule has 1 aliphatic rings. The normalized spacial score (nSPS) is 19.2. The van der Waals surface area contributed by atoms with E-state index >= 15 is 0 Å². The summed E-state index contributed by atoms with van der Waals surface area (Å²) >= 11 is 0. The number of aryl methyl sites for hydroxylation is 2. The second-order valence-electron chi connectivity index (χ2n) is 4.06. The lowest BCUT2D eigenvalue weighted by Gasteiger charge is -2.22. The Labute approximate surface area is 79.7 Å². The van der Waals surface area contributed by atoms with E-state index in [9.17, 15) is 0 Å². The Balaban J connectivity index is 2.18. The van der Waals surface area contributed by atoms with Gasteiger partial charge < -0.3 is 10.3 Å². The third kappa shape index (κ3) is 1.78. The van der Waals surface area contributed by atoms with Crippen molar-refractivity contribution in [1.29, 1.82) is 0 Å². The molecule has 0 spiro atoms. The summed E-state index contributed by atoms with van der Waals surface area (Å²) in [7, 11) is 0. The summed E-state index contributed by atoms with van der Waals surface area (Å²) in [6.07, 6.45) is 2.58. The molecule has 0 saturated carbocycles. The van der Waals surface area contributed by atoms with Crippen LogP contribution in [0.25, 0.3) is 0 Å². The van der Waals surface area contributed by atoms with Gasteiger partial charge in [-0.25, -0.2) is 0 Å². The highest BCUT2D eigenvalue weighted by Gasteiger charge is 2.17. The van der Waals surface area contributed by atoms with Gasteiger partial charge in [-0.1, -0.05) is 0 Å². The molecule has 1 fully saturated rings. The maximum Gasteiger partial charge on any atom is 0.0153 e. The molecular weight excluding hydrogens is 160 g/mol. The number of aromatic amines is 1. The van der Waals surface area contributed by atoms with Crippen LogP contribution in [0.3, 0.4) is 0 Å². The van der Waals surface area contributed by atoms with Crippen LogP contribution >= 0.6 is 0 Å². The summed E-state index contributed by atoms with van der Waals surface area (Å²) in [5.41, 5.74) is 4.20. The van der Waals surface area contributed by atoms with Crippen molar-refractivity contribution in [2.24, 2.45) is 0 Å². The minimum absolute atomic E-state index is 0.784. The Hall–Kier alpha value is -0.760. The van der Waals surface area contributed by atoms with Crippen LogP contribution in [0.5, 0.6) is 0 Å². The van der Waals surface area contributed by atoms with E-state index in [4.69, 9.17) is 0 Å². The molecule has 0 unspecified atom stereocenters. The molecule has 1 saturated heterocycles. The zero-order chi connectivity index (χ0) is 9.26. The summed E-state index contributed by atoms with van der Waals surface area (Å²) < 4.78 is 0. The molecule has 1 aromatic heterocycles. The van der Waals surface area contributed by atoms with Gasteiger partial charge in [0.15, 0.2) is 0 Å². The minimum Gasteiger partial charge on any atom is -0.362 e. The fraction of sp³-hybridized carbons (Fsp3) is 0.636. The summed E-state index contributed by atoms with van der Waals surface area (Å²) in [6.45, 7) is 6.67. The third-order valence-electron chi connectivity index (χ3n) is 2.97. The van der Waals surface area contributed by atoms with Gasteiger partial charge in [-0.3, -0.25) is 0 Å². The molecule has 13 heavy (non-hydrogen) atoms. The van der Waals surface area contributed by atoms with Crippen LogP contribution in [-0.2, 0) is 0 Å². The quantitative estimate of drug-likeness (QED) is 0.677. The molecule has 0 atom stereocenters. The molecule has 0 aliphatic carbocycles. The van der Waals surface area contributed by atoms with Gasteiger partial charge in [0.1, 0.15) is 0 Å². The lowest BCUT2D eigenvalue weighted by Crippen LogP contribution is -2.26. The van der Waals surface area contributed by atoms with Gasteiger partial charge in [0.05, 0.1) is 0 Å².